The van der Waals surface area contributed by atoms with Gasteiger partial charge in [-0.15, -0.1) is 11.3 Å². The Kier molecular flexibility index (Phi) is 5.87. The first kappa shape index (κ1) is 17.4. The number of likely N-dealkylation sites (tertiary alicyclic amines) is 1. The highest BCUT2D eigenvalue weighted by atomic mass is 35.5. The molecular formula is C18H22ClN3OS. The molecule has 1 fully saturated rings. The van der Waals surface area contributed by atoms with Crippen LogP contribution in [0.1, 0.15) is 25.5 Å². The number of hydrogen-bond acceptors (Lipinski definition) is 4. The molecule has 4 nitrogen and oxygen atoms in total. The van der Waals surface area contributed by atoms with Crippen molar-refractivity contribution in [2.75, 3.05) is 19.6 Å². The largest absolute Gasteiger partial charge is 0.356 e. The van der Waals surface area contributed by atoms with E-state index in [9.17, 15) is 4.79 Å². The predicted octanol–water partition coefficient (Wildman–Crippen LogP) is 3.81. The van der Waals surface area contributed by atoms with Crippen molar-refractivity contribution in [3.8, 4) is 10.6 Å². The second-order valence-corrected chi connectivity index (χ2v) is 7.60. The third kappa shape index (κ3) is 4.79. The molecule has 0 unspecified atom stereocenters. The first-order valence-electron chi connectivity index (χ1n) is 8.27. The molecule has 0 radical (unpaired) electrons. The van der Waals surface area contributed by atoms with Gasteiger partial charge in [0.2, 0.25) is 5.91 Å². The Morgan fingerprint density at radius 1 is 1.33 bits per heavy atom. The topological polar surface area (TPSA) is 45.2 Å². The minimum atomic E-state index is 0.0645. The van der Waals surface area contributed by atoms with Crippen LogP contribution in [0.5, 0.6) is 0 Å². The van der Waals surface area contributed by atoms with Gasteiger partial charge < -0.3 is 5.32 Å². The number of carbonyl (C=O) groups is 1. The van der Waals surface area contributed by atoms with Crippen LogP contribution in [-0.2, 0) is 11.3 Å². The first-order valence-corrected chi connectivity index (χ1v) is 9.53. The summed E-state index contributed by atoms with van der Waals surface area (Å²) in [5, 5.41) is 6.87. The van der Waals surface area contributed by atoms with Crippen LogP contribution in [0, 0.1) is 5.92 Å². The molecule has 1 aliphatic rings. The third-order valence-corrected chi connectivity index (χ3v) is 5.57. The number of nitrogens with one attached hydrogen (secondary N) is 1. The lowest BCUT2D eigenvalue weighted by Crippen LogP contribution is -2.37. The summed E-state index contributed by atoms with van der Waals surface area (Å²) < 4.78 is 0. The second kappa shape index (κ2) is 8.10. The van der Waals surface area contributed by atoms with Gasteiger partial charge >= 0.3 is 0 Å². The van der Waals surface area contributed by atoms with Crippen molar-refractivity contribution in [2.24, 2.45) is 5.92 Å². The smallest absolute Gasteiger partial charge is 0.216 e. The molecule has 1 aliphatic heterocycles. The molecule has 1 N–H and O–H groups in total. The van der Waals surface area contributed by atoms with Crippen LogP contribution in [0.2, 0.25) is 5.02 Å². The van der Waals surface area contributed by atoms with Gasteiger partial charge in [-0.05, 0) is 44.0 Å². The second-order valence-electron chi connectivity index (χ2n) is 6.31. The van der Waals surface area contributed by atoms with Crippen molar-refractivity contribution in [3.63, 3.8) is 0 Å². The quantitative estimate of drug-likeness (QED) is 0.878. The highest BCUT2D eigenvalue weighted by Crippen LogP contribution is 2.26. The van der Waals surface area contributed by atoms with Crippen molar-refractivity contribution in [3.05, 3.63) is 40.4 Å². The minimum absolute atomic E-state index is 0.0645. The molecule has 24 heavy (non-hydrogen) atoms. The summed E-state index contributed by atoms with van der Waals surface area (Å²) in [6, 6.07) is 7.83. The van der Waals surface area contributed by atoms with Gasteiger partial charge in [-0.2, -0.15) is 0 Å². The Balaban J connectivity index is 1.51. The maximum Gasteiger partial charge on any atom is 0.216 e. The SMILES string of the molecule is CC(=O)NCC1CCN(Cc2csc(-c3ccc(Cl)cc3)n2)CC1. The van der Waals surface area contributed by atoms with Gasteiger partial charge in [0.05, 0.1) is 5.69 Å². The number of amides is 1. The van der Waals surface area contributed by atoms with E-state index in [0.29, 0.717) is 5.92 Å². The van der Waals surface area contributed by atoms with E-state index in [4.69, 9.17) is 16.6 Å². The molecule has 2 aromatic rings. The zero-order valence-electron chi connectivity index (χ0n) is 13.8. The Hall–Kier alpha value is -1.43. The van der Waals surface area contributed by atoms with Crippen molar-refractivity contribution < 1.29 is 4.79 Å². The van der Waals surface area contributed by atoms with E-state index < -0.39 is 0 Å². The van der Waals surface area contributed by atoms with E-state index in [1.54, 1.807) is 18.3 Å². The summed E-state index contributed by atoms with van der Waals surface area (Å²) in [5.74, 6) is 0.667. The molecule has 0 atom stereocenters. The van der Waals surface area contributed by atoms with Crippen molar-refractivity contribution >= 4 is 28.8 Å². The van der Waals surface area contributed by atoms with Crippen molar-refractivity contribution in [2.45, 2.75) is 26.3 Å². The fourth-order valence-electron chi connectivity index (χ4n) is 2.97. The Labute approximate surface area is 151 Å². The van der Waals surface area contributed by atoms with Gasteiger partial charge in [0, 0.05) is 36.0 Å². The van der Waals surface area contributed by atoms with E-state index in [1.165, 1.54) is 0 Å². The number of hydrogen-bond donors (Lipinski definition) is 1. The molecule has 2 heterocycles. The van der Waals surface area contributed by atoms with Gasteiger partial charge in [0.15, 0.2) is 0 Å². The standard InChI is InChI=1S/C18H22ClN3OS/c1-13(23)20-10-14-6-8-22(9-7-14)11-17-12-24-18(21-17)15-2-4-16(19)5-3-15/h2-5,12,14H,6-11H2,1H3,(H,20,23). The maximum atomic E-state index is 11.0. The van der Waals surface area contributed by atoms with Crippen LogP contribution >= 0.6 is 22.9 Å². The number of nitrogens with zero attached hydrogens (tertiary/aromatic N) is 2. The number of aromatic nitrogens is 1. The molecular weight excluding hydrogens is 342 g/mol. The number of piperidine rings is 1. The molecule has 1 amide bonds. The van der Waals surface area contributed by atoms with E-state index in [1.807, 2.05) is 24.3 Å². The number of thiazole rings is 1. The van der Waals surface area contributed by atoms with Crippen LogP contribution in [0.25, 0.3) is 10.6 Å². The van der Waals surface area contributed by atoms with E-state index in [0.717, 1.165) is 60.3 Å². The zero-order chi connectivity index (χ0) is 16.9. The molecule has 0 spiro atoms. The first-order chi connectivity index (χ1) is 11.6. The Bertz CT molecular complexity index is 678. The van der Waals surface area contributed by atoms with Crippen LogP contribution in [0.3, 0.4) is 0 Å². The molecule has 128 valence electrons. The highest BCUT2D eigenvalue weighted by molar-refractivity contribution is 7.13. The lowest BCUT2D eigenvalue weighted by atomic mass is 9.97. The van der Waals surface area contributed by atoms with Crippen LogP contribution in [-0.4, -0.2) is 35.4 Å². The third-order valence-electron chi connectivity index (χ3n) is 4.38. The lowest BCUT2D eigenvalue weighted by Gasteiger charge is -2.31. The van der Waals surface area contributed by atoms with Gasteiger partial charge in [-0.1, -0.05) is 23.7 Å². The number of benzene rings is 1. The highest BCUT2D eigenvalue weighted by Gasteiger charge is 2.20. The average molecular weight is 364 g/mol. The molecule has 1 aromatic heterocycles. The number of carbonyl (C=O) groups excluding carboxylic acids is 1. The normalized spacial score (nSPS) is 16.2. The molecule has 1 saturated heterocycles. The van der Waals surface area contributed by atoms with Gasteiger partial charge in [-0.3, -0.25) is 9.69 Å². The number of halogens is 1. The molecule has 0 aliphatic carbocycles. The molecule has 1 aromatic carbocycles. The summed E-state index contributed by atoms with van der Waals surface area (Å²) in [6.45, 7) is 5.42. The molecule has 6 heteroatoms. The molecule has 0 bridgehead atoms. The average Bonchev–Trinajstić information content (AvgIpc) is 3.03. The van der Waals surface area contributed by atoms with Crippen molar-refractivity contribution in [1.82, 2.24) is 15.2 Å². The molecule has 3 rings (SSSR count). The summed E-state index contributed by atoms with van der Waals surface area (Å²) in [4.78, 5) is 18.2. The van der Waals surface area contributed by atoms with Gasteiger partial charge in [0.25, 0.3) is 0 Å². The van der Waals surface area contributed by atoms with E-state index in [-0.39, 0.29) is 5.91 Å². The van der Waals surface area contributed by atoms with Crippen LogP contribution < -0.4 is 5.32 Å². The molecule has 0 saturated carbocycles. The van der Waals surface area contributed by atoms with E-state index >= 15 is 0 Å². The fraction of sp³-hybridized carbons (Fsp3) is 0.444. The lowest BCUT2D eigenvalue weighted by molar-refractivity contribution is -0.119. The number of rotatable bonds is 5. The summed E-state index contributed by atoms with van der Waals surface area (Å²) >= 11 is 7.62. The maximum absolute atomic E-state index is 11.0. The fourth-order valence-corrected chi connectivity index (χ4v) is 3.91. The van der Waals surface area contributed by atoms with Gasteiger partial charge in [-0.25, -0.2) is 4.98 Å². The Morgan fingerprint density at radius 2 is 2.04 bits per heavy atom. The summed E-state index contributed by atoms with van der Waals surface area (Å²) in [5.41, 5.74) is 2.25. The van der Waals surface area contributed by atoms with Crippen molar-refractivity contribution in [1.29, 1.82) is 0 Å². The van der Waals surface area contributed by atoms with E-state index in [2.05, 4.69) is 15.6 Å². The predicted molar refractivity (Wildman–Crippen MR) is 99.2 cm³/mol. The monoisotopic (exact) mass is 363 g/mol. The van der Waals surface area contributed by atoms with Crippen LogP contribution in [0.15, 0.2) is 29.6 Å². The Morgan fingerprint density at radius 3 is 2.71 bits per heavy atom. The summed E-state index contributed by atoms with van der Waals surface area (Å²) in [6.07, 6.45) is 2.27. The zero-order valence-corrected chi connectivity index (χ0v) is 15.4. The van der Waals surface area contributed by atoms with Crippen LogP contribution in [0.4, 0.5) is 0 Å². The minimum Gasteiger partial charge on any atom is -0.356 e. The summed E-state index contributed by atoms with van der Waals surface area (Å²) in [7, 11) is 0. The van der Waals surface area contributed by atoms with Gasteiger partial charge in [0.1, 0.15) is 5.01 Å².